The average Bonchev–Trinajstić information content (AvgIpc) is 2.47. The number of rotatable bonds is 4. The van der Waals surface area contributed by atoms with Crippen LogP contribution in [0.2, 0.25) is 0 Å². The molecule has 1 atom stereocenters. The third kappa shape index (κ3) is 3.20. The molecular formula is C17H15F3O2. The summed E-state index contributed by atoms with van der Waals surface area (Å²) >= 11 is 0. The summed E-state index contributed by atoms with van der Waals surface area (Å²) in [5.41, 5.74) is -2.51. The second-order valence-electron chi connectivity index (χ2n) is 5.19. The molecule has 0 aromatic heterocycles. The van der Waals surface area contributed by atoms with Crippen molar-refractivity contribution in [2.45, 2.75) is 25.1 Å². The quantitative estimate of drug-likeness (QED) is 0.866. The first-order valence-electron chi connectivity index (χ1n) is 6.68. The molecule has 5 heteroatoms. The molecule has 2 aromatic rings. The number of benzene rings is 2. The zero-order valence-electron chi connectivity index (χ0n) is 11.9. The fraction of sp³-hybridized carbons (Fsp3) is 0.235. The van der Waals surface area contributed by atoms with E-state index in [1.165, 1.54) is 24.3 Å². The fourth-order valence-corrected chi connectivity index (χ4v) is 2.15. The van der Waals surface area contributed by atoms with Gasteiger partial charge in [0.05, 0.1) is 6.42 Å². The normalized spacial score (nSPS) is 14.4. The monoisotopic (exact) mass is 308 g/mol. The van der Waals surface area contributed by atoms with E-state index in [1.807, 2.05) is 6.92 Å². The van der Waals surface area contributed by atoms with Gasteiger partial charge in [0.2, 0.25) is 0 Å². The summed E-state index contributed by atoms with van der Waals surface area (Å²) in [4.78, 5) is 12.1. The van der Waals surface area contributed by atoms with Crippen LogP contribution in [0.5, 0.6) is 0 Å². The van der Waals surface area contributed by atoms with Crippen LogP contribution in [0.1, 0.15) is 27.9 Å². The highest BCUT2D eigenvalue weighted by Crippen LogP contribution is 2.42. The van der Waals surface area contributed by atoms with E-state index in [-0.39, 0.29) is 11.1 Å². The maximum Gasteiger partial charge on any atom is 0.421 e. The number of carbonyl (C=O) groups excluding carboxylic acids is 1. The van der Waals surface area contributed by atoms with Crippen molar-refractivity contribution >= 4 is 5.78 Å². The van der Waals surface area contributed by atoms with E-state index < -0.39 is 24.0 Å². The second kappa shape index (κ2) is 5.93. The number of Topliss-reactive ketones (excluding diaryl/α,β-unsaturated/α-hetero) is 1. The predicted molar refractivity (Wildman–Crippen MR) is 76.5 cm³/mol. The van der Waals surface area contributed by atoms with Crippen molar-refractivity contribution in [1.82, 2.24) is 0 Å². The topological polar surface area (TPSA) is 37.3 Å². The molecule has 116 valence electrons. The van der Waals surface area contributed by atoms with E-state index in [2.05, 4.69) is 0 Å². The van der Waals surface area contributed by atoms with Crippen LogP contribution in [0.4, 0.5) is 13.2 Å². The molecule has 0 aliphatic carbocycles. The van der Waals surface area contributed by atoms with Crippen LogP contribution < -0.4 is 0 Å². The van der Waals surface area contributed by atoms with Gasteiger partial charge >= 0.3 is 6.18 Å². The zero-order chi connectivity index (χ0) is 16.4. The molecule has 0 radical (unpaired) electrons. The summed E-state index contributed by atoms with van der Waals surface area (Å²) in [5, 5.41) is 10.2. The molecule has 0 spiro atoms. The van der Waals surface area contributed by atoms with Crippen molar-refractivity contribution in [2.75, 3.05) is 0 Å². The van der Waals surface area contributed by atoms with Crippen molar-refractivity contribution in [3.05, 3.63) is 71.3 Å². The van der Waals surface area contributed by atoms with Gasteiger partial charge in [0.25, 0.3) is 0 Å². The van der Waals surface area contributed by atoms with Crippen molar-refractivity contribution < 1.29 is 23.1 Å². The molecule has 0 aliphatic rings. The van der Waals surface area contributed by atoms with E-state index in [0.717, 1.165) is 17.7 Å². The van der Waals surface area contributed by atoms with Crippen molar-refractivity contribution in [3.8, 4) is 0 Å². The molecule has 0 fully saturated rings. The van der Waals surface area contributed by atoms with Crippen LogP contribution in [0.3, 0.4) is 0 Å². The number of alkyl halides is 3. The minimum absolute atomic E-state index is 0.143. The van der Waals surface area contributed by atoms with Crippen LogP contribution in [0.25, 0.3) is 0 Å². The van der Waals surface area contributed by atoms with Gasteiger partial charge in [-0.15, -0.1) is 0 Å². The Balaban J connectivity index is 2.36. The van der Waals surface area contributed by atoms with Crippen molar-refractivity contribution in [3.63, 3.8) is 0 Å². The highest BCUT2D eigenvalue weighted by atomic mass is 19.4. The van der Waals surface area contributed by atoms with E-state index in [9.17, 15) is 23.1 Å². The number of halogens is 3. The van der Waals surface area contributed by atoms with Crippen molar-refractivity contribution in [2.24, 2.45) is 0 Å². The maximum atomic E-state index is 13.3. The second-order valence-corrected chi connectivity index (χ2v) is 5.19. The van der Waals surface area contributed by atoms with Crippen molar-refractivity contribution in [1.29, 1.82) is 0 Å². The summed E-state index contributed by atoms with van der Waals surface area (Å²) in [6.07, 6.45) is -6.00. The molecule has 0 aliphatic heterocycles. The third-order valence-electron chi connectivity index (χ3n) is 3.51. The maximum absolute atomic E-state index is 13.3. The largest absolute Gasteiger partial charge is 0.421 e. The number of hydrogen-bond acceptors (Lipinski definition) is 2. The summed E-state index contributed by atoms with van der Waals surface area (Å²) < 4.78 is 40.0. The lowest BCUT2D eigenvalue weighted by Gasteiger charge is -2.30. The predicted octanol–water partition coefficient (Wildman–Crippen LogP) is 4.02. The molecule has 0 amide bonds. The van der Waals surface area contributed by atoms with Crippen LogP contribution >= 0.6 is 0 Å². The standard InChI is InChI=1S/C17H15F3O2/c1-12-7-9-13(10-8-12)15(21)11-16(22,17(18,19)20)14-5-3-2-4-6-14/h2-10,22H,11H2,1H3/t16-/m1/s1. The Kier molecular flexibility index (Phi) is 4.37. The van der Waals surface area contributed by atoms with Gasteiger partial charge in [0.15, 0.2) is 11.4 Å². The van der Waals surface area contributed by atoms with Crippen LogP contribution in [0, 0.1) is 6.92 Å². The first-order valence-corrected chi connectivity index (χ1v) is 6.68. The van der Waals surface area contributed by atoms with Gasteiger partial charge < -0.3 is 5.11 Å². The molecule has 0 unspecified atom stereocenters. The highest BCUT2D eigenvalue weighted by Gasteiger charge is 2.55. The summed E-state index contributed by atoms with van der Waals surface area (Å²) in [5.74, 6) is -0.760. The molecule has 2 nitrogen and oxygen atoms in total. The van der Waals surface area contributed by atoms with Crippen LogP contribution in [-0.2, 0) is 5.60 Å². The average molecular weight is 308 g/mol. The summed E-state index contributed by atoms with van der Waals surface area (Å²) in [7, 11) is 0. The van der Waals surface area contributed by atoms with Gasteiger partial charge in [-0.3, -0.25) is 4.79 Å². The molecular weight excluding hydrogens is 293 g/mol. The smallest absolute Gasteiger partial charge is 0.376 e. The van der Waals surface area contributed by atoms with Gasteiger partial charge in [0.1, 0.15) is 0 Å². The van der Waals surface area contributed by atoms with Crippen LogP contribution in [-0.4, -0.2) is 17.1 Å². The minimum Gasteiger partial charge on any atom is -0.376 e. The molecule has 0 saturated carbocycles. The third-order valence-corrected chi connectivity index (χ3v) is 3.51. The summed E-state index contributed by atoms with van der Waals surface area (Å²) in [6.45, 7) is 1.81. The lowest BCUT2D eigenvalue weighted by Crippen LogP contribution is -2.44. The van der Waals surface area contributed by atoms with Gasteiger partial charge in [-0.05, 0) is 12.5 Å². The molecule has 2 aromatic carbocycles. The summed E-state index contributed by atoms with van der Waals surface area (Å²) in [6, 6.07) is 12.8. The van der Waals surface area contributed by atoms with E-state index >= 15 is 0 Å². The first-order chi connectivity index (χ1) is 10.2. The highest BCUT2D eigenvalue weighted by molar-refractivity contribution is 5.96. The van der Waals surface area contributed by atoms with Gasteiger partial charge in [0, 0.05) is 5.56 Å². The minimum atomic E-state index is -4.95. The van der Waals surface area contributed by atoms with E-state index in [1.54, 1.807) is 18.2 Å². The lowest BCUT2D eigenvalue weighted by atomic mass is 9.86. The Labute approximate surface area is 126 Å². The Morgan fingerprint density at radius 3 is 2.05 bits per heavy atom. The number of carbonyl (C=O) groups is 1. The molecule has 0 heterocycles. The first kappa shape index (κ1) is 16.2. The number of aryl methyl sites for hydroxylation is 1. The van der Waals surface area contributed by atoms with E-state index in [0.29, 0.717) is 0 Å². The number of ketones is 1. The molecule has 2 rings (SSSR count). The zero-order valence-corrected chi connectivity index (χ0v) is 11.9. The van der Waals surface area contributed by atoms with E-state index in [4.69, 9.17) is 0 Å². The Bertz CT molecular complexity index is 648. The Hall–Kier alpha value is -2.14. The molecule has 22 heavy (non-hydrogen) atoms. The number of aliphatic hydroxyl groups is 1. The fourth-order valence-electron chi connectivity index (χ4n) is 2.15. The molecule has 1 N–H and O–H groups in total. The number of hydrogen-bond donors (Lipinski definition) is 1. The van der Waals surface area contributed by atoms with Gasteiger partial charge in [-0.1, -0.05) is 60.2 Å². The lowest BCUT2D eigenvalue weighted by molar-refractivity contribution is -0.264. The van der Waals surface area contributed by atoms with Gasteiger partial charge in [-0.25, -0.2) is 0 Å². The van der Waals surface area contributed by atoms with Crippen LogP contribution in [0.15, 0.2) is 54.6 Å². The Morgan fingerprint density at radius 1 is 1.00 bits per heavy atom. The van der Waals surface area contributed by atoms with Gasteiger partial charge in [-0.2, -0.15) is 13.2 Å². The SMILES string of the molecule is Cc1ccc(C(=O)C[C@@](O)(c2ccccc2)C(F)(F)F)cc1. The molecule has 0 bridgehead atoms. The Morgan fingerprint density at radius 2 is 1.55 bits per heavy atom. The molecule has 0 saturated heterocycles.